The third-order valence-electron chi connectivity index (χ3n) is 6.48. The van der Waals surface area contributed by atoms with Crippen LogP contribution in [0.2, 0.25) is 0 Å². The first-order valence-electron chi connectivity index (χ1n) is 12.6. The zero-order chi connectivity index (χ0) is 30.7. The second-order valence-electron chi connectivity index (χ2n) is 9.06. The summed E-state index contributed by atoms with van der Waals surface area (Å²) in [5.74, 6) is -3.34. The first-order chi connectivity index (χ1) is 20.7. The summed E-state index contributed by atoms with van der Waals surface area (Å²) in [4.78, 5) is 75.6. The van der Waals surface area contributed by atoms with Gasteiger partial charge < -0.3 is 14.2 Å². The van der Waals surface area contributed by atoms with E-state index in [4.69, 9.17) is 14.2 Å². The Morgan fingerprint density at radius 1 is 0.791 bits per heavy atom. The van der Waals surface area contributed by atoms with Crippen molar-refractivity contribution in [3.8, 4) is 11.5 Å². The fourth-order valence-corrected chi connectivity index (χ4v) is 4.40. The van der Waals surface area contributed by atoms with Crippen molar-refractivity contribution >= 4 is 40.9 Å². The number of hydrogen-bond donors (Lipinski definition) is 0. The molecule has 0 saturated heterocycles. The van der Waals surface area contributed by atoms with Crippen LogP contribution in [0.15, 0.2) is 91.0 Å². The molecule has 4 aromatic carbocycles. The van der Waals surface area contributed by atoms with E-state index in [-0.39, 0.29) is 39.3 Å². The Hall–Kier alpha value is -6.17. The fraction of sp³-hybridized carbons (Fsp3) is 0.0645. The van der Waals surface area contributed by atoms with Gasteiger partial charge in [-0.05, 0) is 60.7 Å². The molecule has 0 fully saturated rings. The number of fused-ring (bicyclic) bond motifs is 1. The lowest BCUT2D eigenvalue weighted by molar-refractivity contribution is -0.385. The molecule has 0 N–H and O–H groups in total. The molecule has 12 nitrogen and oxygen atoms in total. The van der Waals surface area contributed by atoms with Crippen molar-refractivity contribution in [2.75, 3.05) is 18.6 Å². The topological polar surface area (TPSA) is 159 Å². The predicted octanol–water partition coefficient (Wildman–Crippen LogP) is 4.66. The highest BCUT2D eigenvalue weighted by Gasteiger charge is 2.43. The number of Topliss-reactive ketones (excluding diaryl/α,β-unsaturated/α-hetero) is 1. The average Bonchev–Trinajstić information content (AvgIpc) is 3.29. The molecule has 0 unspecified atom stereocenters. The number of rotatable bonds is 9. The first kappa shape index (κ1) is 28.4. The summed E-state index contributed by atoms with van der Waals surface area (Å²) >= 11 is 0. The van der Waals surface area contributed by atoms with Gasteiger partial charge in [0.15, 0.2) is 12.4 Å². The minimum atomic E-state index is -1.00. The van der Waals surface area contributed by atoms with E-state index in [1.807, 2.05) is 0 Å². The number of ether oxygens (including phenoxy) is 3. The number of ketones is 1. The molecule has 2 amide bonds. The molecule has 0 atom stereocenters. The molecular weight excluding hydrogens is 560 g/mol. The number of anilines is 1. The molecule has 1 aliphatic heterocycles. The standard InChI is InChI=1S/C31H20N2O10/c1-41-21-7-4-6-19(16-21)30(37)43-20-14-12-18(13-15-20)26(34)17-42-31(38)22-8-2-3-10-24(22)32-28(35)23-9-5-11-25(33(39)40)27(23)29(32)36/h2-16H,17H2,1H3. The summed E-state index contributed by atoms with van der Waals surface area (Å²) < 4.78 is 15.6. The maximum absolute atomic E-state index is 13.1. The minimum absolute atomic E-state index is 0.150. The van der Waals surface area contributed by atoms with Crippen LogP contribution in [-0.2, 0) is 4.74 Å². The van der Waals surface area contributed by atoms with Crippen LogP contribution in [0.3, 0.4) is 0 Å². The Morgan fingerprint density at radius 2 is 1.51 bits per heavy atom. The molecule has 0 spiro atoms. The van der Waals surface area contributed by atoms with Crippen LogP contribution < -0.4 is 14.4 Å². The number of nitro benzene ring substituents is 1. The second-order valence-corrected chi connectivity index (χ2v) is 9.06. The summed E-state index contributed by atoms with van der Waals surface area (Å²) in [6.07, 6.45) is 0. The molecular formula is C31H20N2O10. The van der Waals surface area contributed by atoms with E-state index in [9.17, 15) is 34.1 Å². The van der Waals surface area contributed by atoms with E-state index in [0.717, 1.165) is 6.07 Å². The number of benzene rings is 4. The third-order valence-corrected chi connectivity index (χ3v) is 6.48. The maximum atomic E-state index is 13.1. The number of hydrogen-bond acceptors (Lipinski definition) is 10. The summed E-state index contributed by atoms with van der Waals surface area (Å²) in [7, 11) is 1.47. The zero-order valence-electron chi connectivity index (χ0n) is 22.3. The minimum Gasteiger partial charge on any atom is -0.497 e. The number of esters is 2. The Morgan fingerprint density at radius 3 is 2.23 bits per heavy atom. The number of imide groups is 1. The molecule has 0 radical (unpaired) electrons. The number of methoxy groups -OCH3 is 1. The SMILES string of the molecule is COc1cccc(C(=O)Oc2ccc(C(=O)COC(=O)c3ccccc3N3C(=O)c4cccc([N+](=O)[O-])c4C3=O)cc2)c1. The highest BCUT2D eigenvalue weighted by molar-refractivity contribution is 6.36. The molecule has 1 aliphatic rings. The van der Waals surface area contributed by atoms with E-state index >= 15 is 0 Å². The molecule has 214 valence electrons. The molecule has 0 saturated carbocycles. The highest BCUT2D eigenvalue weighted by Crippen LogP contribution is 2.35. The lowest BCUT2D eigenvalue weighted by Crippen LogP contribution is -2.31. The third kappa shape index (κ3) is 5.57. The Labute approximate surface area is 243 Å². The van der Waals surface area contributed by atoms with Gasteiger partial charge in [0.05, 0.1) is 34.4 Å². The van der Waals surface area contributed by atoms with Gasteiger partial charge in [-0.25, -0.2) is 14.5 Å². The van der Waals surface area contributed by atoms with Gasteiger partial charge in [-0.15, -0.1) is 0 Å². The Bertz CT molecular complexity index is 1810. The Balaban J connectivity index is 1.26. The molecule has 1 heterocycles. The molecule has 43 heavy (non-hydrogen) atoms. The Kier molecular flexibility index (Phi) is 7.75. The summed E-state index contributed by atoms with van der Waals surface area (Å²) in [5, 5.41) is 11.4. The molecule has 4 aromatic rings. The van der Waals surface area contributed by atoms with E-state index in [2.05, 4.69) is 0 Å². The van der Waals surface area contributed by atoms with Gasteiger partial charge in [0.25, 0.3) is 17.5 Å². The number of nitrogens with zero attached hydrogens (tertiary/aromatic N) is 2. The first-order valence-corrected chi connectivity index (χ1v) is 12.6. The average molecular weight is 581 g/mol. The van der Waals surface area contributed by atoms with Crippen LogP contribution in [0.5, 0.6) is 11.5 Å². The van der Waals surface area contributed by atoms with Gasteiger partial charge in [0.1, 0.15) is 17.1 Å². The summed E-state index contributed by atoms with van der Waals surface area (Å²) in [5.41, 5.74) is -1.01. The van der Waals surface area contributed by atoms with E-state index in [1.165, 1.54) is 73.8 Å². The number of nitro groups is 1. The van der Waals surface area contributed by atoms with Crippen LogP contribution in [0.4, 0.5) is 11.4 Å². The number of carbonyl (C=O) groups is 5. The monoisotopic (exact) mass is 580 g/mol. The zero-order valence-corrected chi connectivity index (χ0v) is 22.3. The van der Waals surface area contributed by atoms with Gasteiger partial charge in [-0.1, -0.05) is 24.3 Å². The lowest BCUT2D eigenvalue weighted by atomic mass is 10.1. The van der Waals surface area contributed by atoms with Crippen LogP contribution in [-0.4, -0.2) is 48.2 Å². The van der Waals surface area contributed by atoms with Crippen molar-refractivity contribution in [1.29, 1.82) is 0 Å². The molecule has 12 heteroatoms. The molecule has 0 aliphatic carbocycles. The maximum Gasteiger partial charge on any atom is 0.343 e. The van der Waals surface area contributed by atoms with E-state index in [1.54, 1.807) is 18.2 Å². The van der Waals surface area contributed by atoms with Crippen LogP contribution in [0.25, 0.3) is 0 Å². The number of carbonyl (C=O) groups excluding carboxylic acids is 5. The van der Waals surface area contributed by atoms with Crippen LogP contribution >= 0.6 is 0 Å². The van der Waals surface area contributed by atoms with Crippen molar-refractivity contribution in [3.05, 3.63) is 129 Å². The van der Waals surface area contributed by atoms with Gasteiger partial charge in [-0.2, -0.15) is 0 Å². The van der Waals surface area contributed by atoms with Gasteiger partial charge in [-0.3, -0.25) is 24.5 Å². The highest BCUT2D eigenvalue weighted by atomic mass is 16.6. The lowest BCUT2D eigenvalue weighted by Gasteiger charge is -2.17. The predicted molar refractivity (Wildman–Crippen MR) is 150 cm³/mol. The fourth-order valence-electron chi connectivity index (χ4n) is 4.40. The van der Waals surface area contributed by atoms with Gasteiger partial charge >= 0.3 is 11.9 Å². The second kappa shape index (κ2) is 11.7. The van der Waals surface area contributed by atoms with Crippen molar-refractivity contribution in [2.24, 2.45) is 0 Å². The van der Waals surface area contributed by atoms with Crippen LogP contribution in [0.1, 0.15) is 51.8 Å². The van der Waals surface area contributed by atoms with E-state index < -0.39 is 46.8 Å². The number of para-hydroxylation sites is 1. The van der Waals surface area contributed by atoms with Gasteiger partial charge in [0.2, 0.25) is 0 Å². The van der Waals surface area contributed by atoms with Crippen molar-refractivity contribution < 1.29 is 43.1 Å². The van der Waals surface area contributed by atoms with Crippen LogP contribution in [0, 0.1) is 10.1 Å². The van der Waals surface area contributed by atoms with Crippen molar-refractivity contribution in [3.63, 3.8) is 0 Å². The van der Waals surface area contributed by atoms with Crippen molar-refractivity contribution in [1.82, 2.24) is 0 Å². The molecule has 0 aromatic heterocycles. The summed E-state index contributed by atoms with van der Waals surface area (Å²) in [6, 6.07) is 21.2. The summed E-state index contributed by atoms with van der Waals surface area (Å²) in [6.45, 7) is -0.677. The quantitative estimate of drug-likeness (QED) is 0.0680. The van der Waals surface area contributed by atoms with Gasteiger partial charge in [0, 0.05) is 11.6 Å². The molecule has 0 bridgehead atoms. The normalized spacial score (nSPS) is 12.0. The van der Waals surface area contributed by atoms with Crippen molar-refractivity contribution in [2.45, 2.75) is 0 Å². The largest absolute Gasteiger partial charge is 0.497 e. The smallest absolute Gasteiger partial charge is 0.343 e. The molecule has 5 rings (SSSR count). The van der Waals surface area contributed by atoms with E-state index in [0.29, 0.717) is 10.6 Å². The number of amides is 2.